The number of unbranched alkanes of at least 4 members (excludes halogenated alkanes) is 1. The van der Waals surface area contributed by atoms with E-state index in [1.165, 1.54) is 0 Å². The molecule has 2 heterocycles. The van der Waals surface area contributed by atoms with Crippen LogP contribution in [0.15, 0.2) is 41.7 Å². The number of nitro groups is 1. The van der Waals surface area contributed by atoms with E-state index in [0.29, 0.717) is 6.61 Å². The fraction of sp³-hybridized carbons (Fsp3) is 0.500. The van der Waals surface area contributed by atoms with E-state index in [4.69, 9.17) is 4.74 Å². The molecule has 1 aromatic carbocycles. The van der Waals surface area contributed by atoms with Gasteiger partial charge in [0, 0.05) is 51.1 Å². The van der Waals surface area contributed by atoms with Gasteiger partial charge in [0.05, 0.1) is 24.3 Å². The molecule has 0 amide bonds. The Morgan fingerprint density at radius 3 is 2.77 bits per heavy atom. The van der Waals surface area contributed by atoms with E-state index in [1.807, 2.05) is 31.6 Å². The molecule has 0 aliphatic carbocycles. The molecular formula is C20H29IN6O3. The van der Waals surface area contributed by atoms with Crippen LogP contribution in [0.4, 0.5) is 5.69 Å². The van der Waals surface area contributed by atoms with Crippen LogP contribution in [0.3, 0.4) is 0 Å². The van der Waals surface area contributed by atoms with Gasteiger partial charge in [0.25, 0.3) is 5.69 Å². The maximum atomic E-state index is 10.7. The Balaban J connectivity index is 0.00000320. The molecule has 1 saturated heterocycles. The smallest absolute Gasteiger partial charge is 0.269 e. The summed E-state index contributed by atoms with van der Waals surface area (Å²) in [6.07, 6.45) is 6.73. The van der Waals surface area contributed by atoms with E-state index in [9.17, 15) is 10.1 Å². The number of nitrogens with zero attached hydrogens (tertiary/aromatic N) is 5. The molecule has 2 aromatic rings. The summed E-state index contributed by atoms with van der Waals surface area (Å²) in [5.41, 5.74) is 2.33. The lowest BCUT2D eigenvalue weighted by Gasteiger charge is -2.34. The molecule has 1 fully saturated rings. The normalized spacial score (nSPS) is 16.8. The van der Waals surface area contributed by atoms with Crippen molar-refractivity contribution in [1.29, 1.82) is 0 Å². The lowest BCUT2D eigenvalue weighted by molar-refractivity contribution is -0.384. The summed E-state index contributed by atoms with van der Waals surface area (Å²) in [5, 5.41) is 18.4. The number of aliphatic imine (C=N–C) groups is 1. The van der Waals surface area contributed by atoms with Gasteiger partial charge in [-0.25, -0.2) is 0 Å². The summed E-state index contributed by atoms with van der Waals surface area (Å²) in [7, 11) is 3.70. The number of ether oxygens (including phenoxy) is 1. The number of rotatable bonds is 7. The number of aromatic nitrogens is 2. The predicted molar refractivity (Wildman–Crippen MR) is 126 cm³/mol. The van der Waals surface area contributed by atoms with Crippen molar-refractivity contribution in [3.8, 4) is 0 Å². The molecule has 1 aliphatic heterocycles. The Hall–Kier alpha value is -2.21. The van der Waals surface area contributed by atoms with Crippen LogP contribution in [0.5, 0.6) is 0 Å². The highest BCUT2D eigenvalue weighted by molar-refractivity contribution is 14.0. The zero-order chi connectivity index (χ0) is 20.6. The van der Waals surface area contributed by atoms with Crippen LogP contribution < -0.4 is 5.32 Å². The zero-order valence-corrected chi connectivity index (χ0v) is 19.7. The number of morpholine rings is 1. The van der Waals surface area contributed by atoms with Crippen molar-refractivity contribution in [2.45, 2.75) is 25.4 Å². The van der Waals surface area contributed by atoms with Gasteiger partial charge in [0.1, 0.15) is 6.10 Å². The van der Waals surface area contributed by atoms with E-state index in [-0.39, 0.29) is 40.7 Å². The van der Waals surface area contributed by atoms with Crippen LogP contribution in [0.25, 0.3) is 0 Å². The number of hydrogen-bond acceptors (Lipinski definition) is 5. The summed E-state index contributed by atoms with van der Waals surface area (Å²) in [6, 6.07) is 6.78. The molecule has 164 valence electrons. The summed E-state index contributed by atoms with van der Waals surface area (Å²) in [4.78, 5) is 17.0. The first-order valence-corrected chi connectivity index (χ1v) is 9.86. The van der Waals surface area contributed by atoms with Crippen molar-refractivity contribution >= 4 is 35.6 Å². The van der Waals surface area contributed by atoms with Gasteiger partial charge in [-0.1, -0.05) is 12.1 Å². The summed E-state index contributed by atoms with van der Waals surface area (Å²) in [5.74, 6) is 0.887. The van der Waals surface area contributed by atoms with E-state index in [0.717, 1.165) is 56.0 Å². The average Bonchev–Trinajstić information content (AvgIpc) is 3.17. The van der Waals surface area contributed by atoms with Crippen LogP contribution >= 0.6 is 24.0 Å². The molecule has 9 nitrogen and oxygen atoms in total. The van der Waals surface area contributed by atoms with Crippen LogP contribution in [0, 0.1) is 10.1 Å². The SMILES string of the molecule is CN=C(NCCCCc1ccc([N+](=O)[O-])cc1)N1CCOC(c2cnn(C)c2)C1.I. The average molecular weight is 528 g/mol. The highest BCUT2D eigenvalue weighted by atomic mass is 127. The van der Waals surface area contributed by atoms with Crippen molar-refractivity contribution in [3.05, 3.63) is 57.9 Å². The van der Waals surface area contributed by atoms with Crippen LogP contribution in [0.1, 0.15) is 30.1 Å². The van der Waals surface area contributed by atoms with Crippen molar-refractivity contribution in [3.63, 3.8) is 0 Å². The fourth-order valence-electron chi connectivity index (χ4n) is 3.42. The largest absolute Gasteiger partial charge is 0.370 e. The van der Waals surface area contributed by atoms with Gasteiger partial charge in [-0.05, 0) is 24.8 Å². The Morgan fingerprint density at radius 1 is 1.37 bits per heavy atom. The zero-order valence-electron chi connectivity index (χ0n) is 17.4. The first-order chi connectivity index (χ1) is 14.1. The summed E-state index contributed by atoms with van der Waals surface area (Å²) >= 11 is 0. The van der Waals surface area contributed by atoms with Crippen LogP contribution in [-0.4, -0.2) is 58.9 Å². The second kappa shape index (κ2) is 11.8. The Bertz CT molecular complexity index is 839. The van der Waals surface area contributed by atoms with Gasteiger partial charge < -0.3 is 15.0 Å². The van der Waals surface area contributed by atoms with Crippen molar-refractivity contribution < 1.29 is 9.66 Å². The molecule has 1 N–H and O–H groups in total. The maximum Gasteiger partial charge on any atom is 0.269 e. The van der Waals surface area contributed by atoms with Gasteiger partial charge in [-0.15, -0.1) is 24.0 Å². The molecule has 0 bridgehead atoms. The molecular weight excluding hydrogens is 499 g/mol. The number of hydrogen-bond donors (Lipinski definition) is 1. The first-order valence-electron chi connectivity index (χ1n) is 9.86. The fourth-order valence-corrected chi connectivity index (χ4v) is 3.42. The minimum absolute atomic E-state index is 0. The molecule has 1 atom stereocenters. The number of nitrogens with one attached hydrogen (secondary N) is 1. The van der Waals surface area contributed by atoms with E-state index < -0.39 is 0 Å². The molecule has 1 aromatic heterocycles. The van der Waals surface area contributed by atoms with Crippen molar-refractivity contribution in [1.82, 2.24) is 20.0 Å². The van der Waals surface area contributed by atoms with Crippen molar-refractivity contribution in [2.75, 3.05) is 33.3 Å². The van der Waals surface area contributed by atoms with Gasteiger partial charge >= 0.3 is 0 Å². The molecule has 1 aliphatic rings. The number of halogens is 1. The highest BCUT2D eigenvalue weighted by Crippen LogP contribution is 2.21. The number of nitro benzene ring substituents is 1. The molecule has 0 spiro atoms. The second-order valence-electron chi connectivity index (χ2n) is 7.11. The molecule has 1 unspecified atom stereocenters. The molecule has 3 rings (SSSR count). The predicted octanol–water partition coefficient (Wildman–Crippen LogP) is 2.92. The lowest BCUT2D eigenvalue weighted by Crippen LogP contribution is -2.48. The second-order valence-corrected chi connectivity index (χ2v) is 7.11. The molecule has 30 heavy (non-hydrogen) atoms. The van der Waals surface area contributed by atoms with E-state index in [1.54, 1.807) is 23.9 Å². The Morgan fingerprint density at radius 2 is 2.13 bits per heavy atom. The van der Waals surface area contributed by atoms with E-state index in [2.05, 4.69) is 20.3 Å². The summed E-state index contributed by atoms with van der Waals surface area (Å²) in [6.45, 7) is 3.03. The van der Waals surface area contributed by atoms with Crippen LogP contribution in [-0.2, 0) is 18.2 Å². The third-order valence-electron chi connectivity index (χ3n) is 5.00. The Labute approximate surface area is 193 Å². The maximum absolute atomic E-state index is 10.7. The van der Waals surface area contributed by atoms with Crippen molar-refractivity contribution in [2.24, 2.45) is 12.0 Å². The van der Waals surface area contributed by atoms with Gasteiger partial charge in [0.15, 0.2) is 5.96 Å². The number of aryl methyl sites for hydroxylation is 2. The van der Waals surface area contributed by atoms with Gasteiger partial charge in [-0.3, -0.25) is 19.8 Å². The highest BCUT2D eigenvalue weighted by Gasteiger charge is 2.24. The van der Waals surface area contributed by atoms with Gasteiger partial charge in [0.2, 0.25) is 0 Å². The standard InChI is InChI=1S/C20H28N6O3.HI/c1-21-20(25-11-12-29-19(15-25)17-13-23-24(2)14-17)22-10-4-3-5-16-6-8-18(9-7-16)26(27)28;/h6-9,13-14,19H,3-5,10-12,15H2,1-2H3,(H,21,22);1H. The minimum Gasteiger partial charge on any atom is -0.370 e. The van der Waals surface area contributed by atoms with Gasteiger partial charge in [-0.2, -0.15) is 5.10 Å². The monoisotopic (exact) mass is 528 g/mol. The molecule has 10 heteroatoms. The third-order valence-corrected chi connectivity index (χ3v) is 5.00. The third kappa shape index (κ3) is 6.66. The quantitative estimate of drug-likeness (QED) is 0.148. The number of guanidine groups is 1. The minimum atomic E-state index is -0.371. The molecule has 0 radical (unpaired) electrons. The topological polar surface area (TPSA) is 97.8 Å². The molecule has 0 saturated carbocycles. The van der Waals surface area contributed by atoms with E-state index >= 15 is 0 Å². The summed E-state index contributed by atoms with van der Waals surface area (Å²) < 4.78 is 7.68. The Kier molecular flexibility index (Phi) is 9.50. The first kappa shape index (κ1) is 24.1. The lowest BCUT2D eigenvalue weighted by atomic mass is 10.1. The van der Waals surface area contributed by atoms with Crippen LogP contribution in [0.2, 0.25) is 0 Å². The number of benzene rings is 1. The number of non-ortho nitro benzene ring substituents is 1.